The van der Waals surface area contributed by atoms with Gasteiger partial charge >= 0.3 is 0 Å². The summed E-state index contributed by atoms with van der Waals surface area (Å²) in [7, 11) is 0. The summed E-state index contributed by atoms with van der Waals surface area (Å²) in [6.45, 7) is 5.14. The average Bonchev–Trinajstić information content (AvgIpc) is 2.74. The van der Waals surface area contributed by atoms with E-state index in [1.165, 1.54) is 5.56 Å². The van der Waals surface area contributed by atoms with Crippen LogP contribution in [0.1, 0.15) is 28.8 Å². The number of benzene rings is 1. The van der Waals surface area contributed by atoms with E-state index in [9.17, 15) is 4.79 Å². The van der Waals surface area contributed by atoms with Crippen molar-refractivity contribution in [3.63, 3.8) is 0 Å². The number of rotatable bonds is 4. The van der Waals surface area contributed by atoms with Crippen LogP contribution in [-0.2, 0) is 11.2 Å². The second kappa shape index (κ2) is 9.50. The molecule has 2 saturated heterocycles. The van der Waals surface area contributed by atoms with Crippen LogP contribution in [0.5, 0.6) is 0 Å². The molecule has 3 heterocycles. The Bertz CT molecular complexity index is 749. The normalized spacial score (nSPS) is 19.2. The van der Waals surface area contributed by atoms with Crippen molar-refractivity contribution in [2.75, 3.05) is 39.3 Å². The minimum atomic E-state index is -0.176. The van der Waals surface area contributed by atoms with Crippen LogP contribution in [0.4, 0.5) is 0 Å². The maximum atomic E-state index is 12.8. The van der Waals surface area contributed by atoms with Gasteiger partial charge in [-0.25, -0.2) is 0 Å². The highest BCUT2D eigenvalue weighted by molar-refractivity contribution is 5.94. The molecule has 1 aromatic heterocycles. The van der Waals surface area contributed by atoms with Gasteiger partial charge in [-0.05, 0) is 37.0 Å². The molecular formula is C22H28ClN3O2. The van der Waals surface area contributed by atoms with E-state index in [2.05, 4.69) is 40.2 Å². The molecule has 5 nitrogen and oxygen atoms in total. The summed E-state index contributed by atoms with van der Waals surface area (Å²) < 4.78 is 6.20. The van der Waals surface area contributed by atoms with Crippen molar-refractivity contribution in [1.82, 2.24) is 14.8 Å². The number of ether oxygens (including phenoxy) is 1. The van der Waals surface area contributed by atoms with E-state index in [4.69, 9.17) is 4.74 Å². The maximum Gasteiger partial charge on any atom is 0.254 e. The average molecular weight is 402 g/mol. The maximum absolute atomic E-state index is 12.8. The Morgan fingerprint density at radius 1 is 1.04 bits per heavy atom. The SMILES string of the molecule is Cl.O=C(c1ccncc1)N1CCOC2(CCN(CCc3ccccc3)CC2)C1. The molecule has 28 heavy (non-hydrogen) atoms. The van der Waals surface area contributed by atoms with Crippen molar-refractivity contribution >= 4 is 18.3 Å². The fraction of sp³-hybridized carbons (Fsp3) is 0.455. The van der Waals surface area contributed by atoms with E-state index in [-0.39, 0.29) is 23.9 Å². The first-order chi connectivity index (χ1) is 13.2. The molecule has 1 aromatic carbocycles. The number of nitrogens with zero attached hydrogens (tertiary/aromatic N) is 3. The number of likely N-dealkylation sites (tertiary alicyclic amines) is 1. The number of pyridine rings is 1. The zero-order chi connectivity index (χ0) is 18.5. The van der Waals surface area contributed by atoms with Crippen molar-refractivity contribution < 1.29 is 9.53 Å². The first-order valence-corrected chi connectivity index (χ1v) is 9.84. The molecule has 0 bridgehead atoms. The number of hydrogen-bond donors (Lipinski definition) is 0. The Labute approximate surface area is 173 Å². The summed E-state index contributed by atoms with van der Waals surface area (Å²) in [6.07, 6.45) is 6.41. The predicted molar refractivity (Wildman–Crippen MR) is 112 cm³/mol. The second-order valence-corrected chi connectivity index (χ2v) is 7.57. The van der Waals surface area contributed by atoms with Gasteiger partial charge in [0.1, 0.15) is 0 Å². The number of amides is 1. The number of piperidine rings is 1. The number of carbonyl (C=O) groups is 1. The van der Waals surface area contributed by atoms with Crippen LogP contribution in [0, 0.1) is 0 Å². The minimum Gasteiger partial charge on any atom is -0.371 e. The molecule has 1 spiro atoms. The van der Waals surface area contributed by atoms with E-state index < -0.39 is 0 Å². The summed E-state index contributed by atoms with van der Waals surface area (Å²) in [5, 5.41) is 0. The zero-order valence-electron chi connectivity index (χ0n) is 16.1. The number of halogens is 1. The minimum absolute atomic E-state index is 0. The van der Waals surface area contributed by atoms with E-state index in [1.807, 2.05) is 4.90 Å². The highest BCUT2D eigenvalue weighted by Gasteiger charge is 2.40. The van der Waals surface area contributed by atoms with Gasteiger partial charge in [0.25, 0.3) is 5.91 Å². The molecule has 0 saturated carbocycles. The summed E-state index contributed by atoms with van der Waals surface area (Å²) in [5.74, 6) is 0.0894. The van der Waals surface area contributed by atoms with Crippen LogP contribution in [0.2, 0.25) is 0 Å². The molecule has 0 N–H and O–H groups in total. The first-order valence-electron chi connectivity index (χ1n) is 9.84. The van der Waals surface area contributed by atoms with Crippen LogP contribution in [0.15, 0.2) is 54.9 Å². The lowest BCUT2D eigenvalue weighted by molar-refractivity contribution is -0.127. The lowest BCUT2D eigenvalue weighted by Crippen LogP contribution is -2.58. The Kier molecular flexibility index (Phi) is 7.05. The molecule has 2 aliphatic rings. The fourth-order valence-corrected chi connectivity index (χ4v) is 4.11. The van der Waals surface area contributed by atoms with Gasteiger partial charge < -0.3 is 14.5 Å². The Hall–Kier alpha value is -1.95. The summed E-state index contributed by atoms with van der Waals surface area (Å²) in [4.78, 5) is 21.3. The van der Waals surface area contributed by atoms with Gasteiger partial charge in [0, 0.05) is 44.1 Å². The molecule has 0 radical (unpaired) electrons. The monoisotopic (exact) mass is 401 g/mol. The molecule has 0 unspecified atom stereocenters. The highest BCUT2D eigenvalue weighted by Crippen LogP contribution is 2.30. The third-order valence-corrected chi connectivity index (χ3v) is 5.79. The number of morpholine rings is 1. The van der Waals surface area contributed by atoms with E-state index >= 15 is 0 Å². The van der Waals surface area contributed by atoms with E-state index in [0.717, 1.165) is 38.9 Å². The van der Waals surface area contributed by atoms with Gasteiger partial charge in [-0.1, -0.05) is 30.3 Å². The lowest BCUT2D eigenvalue weighted by atomic mass is 9.89. The van der Waals surface area contributed by atoms with Crippen LogP contribution in [0.25, 0.3) is 0 Å². The summed E-state index contributed by atoms with van der Waals surface area (Å²) in [5.41, 5.74) is 1.92. The Morgan fingerprint density at radius 2 is 1.75 bits per heavy atom. The highest BCUT2D eigenvalue weighted by atomic mass is 35.5. The molecule has 150 valence electrons. The van der Waals surface area contributed by atoms with Crippen molar-refractivity contribution in [1.29, 1.82) is 0 Å². The van der Waals surface area contributed by atoms with E-state index in [0.29, 0.717) is 25.3 Å². The van der Waals surface area contributed by atoms with Crippen LogP contribution in [0.3, 0.4) is 0 Å². The predicted octanol–water partition coefficient (Wildman–Crippen LogP) is 3.05. The summed E-state index contributed by atoms with van der Waals surface area (Å²) in [6, 6.07) is 14.2. The fourth-order valence-electron chi connectivity index (χ4n) is 4.11. The quantitative estimate of drug-likeness (QED) is 0.789. The zero-order valence-corrected chi connectivity index (χ0v) is 16.9. The van der Waals surface area contributed by atoms with Crippen molar-refractivity contribution in [2.45, 2.75) is 24.9 Å². The van der Waals surface area contributed by atoms with Crippen LogP contribution >= 0.6 is 12.4 Å². The van der Waals surface area contributed by atoms with Gasteiger partial charge in [-0.2, -0.15) is 0 Å². The van der Waals surface area contributed by atoms with Crippen LogP contribution in [-0.4, -0.2) is 65.6 Å². The number of hydrogen-bond acceptors (Lipinski definition) is 4. The van der Waals surface area contributed by atoms with Crippen molar-refractivity contribution in [3.8, 4) is 0 Å². The Balaban J connectivity index is 0.00000225. The number of aromatic nitrogens is 1. The molecular weight excluding hydrogens is 374 g/mol. The molecule has 4 rings (SSSR count). The third-order valence-electron chi connectivity index (χ3n) is 5.79. The van der Waals surface area contributed by atoms with Crippen molar-refractivity contribution in [3.05, 3.63) is 66.0 Å². The Morgan fingerprint density at radius 3 is 2.46 bits per heavy atom. The van der Waals surface area contributed by atoms with Gasteiger partial charge in [0.05, 0.1) is 18.8 Å². The molecule has 6 heteroatoms. The lowest BCUT2D eigenvalue weighted by Gasteiger charge is -2.47. The summed E-state index contributed by atoms with van der Waals surface area (Å²) >= 11 is 0. The molecule has 2 fully saturated rings. The topological polar surface area (TPSA) is 45.7 Å². The smallest absolute Gasteiger partial charge is 0.254 e. The largest absolute Gasteiger partial charge is 0.371 e. The number of carbonyl (C=O) groups excluding carboxylic acids is 1. The molecule has 2 aliphatic heterocycles. The molecule has 0 aliphatic carbocycles. The standard InChI is InChI=1S/C22H27N3O2.ClH/c26-21(20-6-11-23-12-7-20)25-16-17-27-22(18-25)9-14-24(15-10-22)13-8-19-4-2-1-3-5-19;/h1-7,11-12H,8-10,13-18H2;1H. The van der Waals surface area contributed by atoms with Crippen molar-refractivity contribution in [2.24, 2.45) is 0 Å². The van der Waals surface area contributed by atoms with Gasteiger partial charge in [-0.15, -0.1) is 12.4 Å². The first kappa shape index (κ1) is 20.8. The third kappa shape index (κ3) is 4.90. The van der Waals surface area contributed by atoms with Gasteiger partial charge in [0.15, 0.2) is 0 Å². The van der Waals surface area contributed by atoms with Gasteiger partial charge in [-0.3, -0.25) is 9.78 Å². The van der Waals surface area contributed by atoms with Crippen LogP contribution < -0.4 is 0 Å². The second-order valence-electron chi connectivity index (χ2n) is 7.57. The molecule has 0 atom stereocenters. The molecule has 2 aromatic rings. The van der Waals surface area contributed by atoms with Gasteiger partial charge in [0.2, 0.25) is 0 Å². The van der Waals surface area contributed by atoms with E-state index in [1.54, 1.807) is 24.5 Å². The molecule has 1 amide bonds.